The topological polar surface area (TPSA) is 123 Å². The lowest BCUT2D eigenvalue weighted by Gasteiger charge is -2.21. The van der Waals surface area contributed by atoms with Crippen LogP contribution in [0.1, 0.15) is 44.0 Å². The third-order valence-corrected chi connectivity index (χ3v) is 5.12. The van der Waals surface area contributed by atoms with E-state index < -0.39 is 17.1 Å². The molecule has 1 saturated carbocycles. The normalized spacial score (nSPS) is 24.1. The summed E-state index contributed by atoms with van der Waals surface area (Å²) in [6.45, 7) is 1.66. The maximum Gasteiger partial charge on any atom is 0.322 e. The molecule has 1 atom stereocenters. The Labute approximate surface area is 156 Å². The van der Waals surface area contributed by atoms with E-state index in [0.717, 1.165) is 31.2 Å². The van der Waals surface area contributed by atoms with Crippen molar-refractivity contribution in [3.63, 3.8) is 0 Å². The van der Waals surface area contributed by atoms with E-state index in [4.69, 9.17) is 10.3 Å². The van der Waals surface area contributed by atoms with E-state index in [9.17, 15) is 9.59 Å². The van der Waals surface area contributed by atoms with Crippen molar-refractivity contribution in [1.82, 2.24) is 20.8 Å². The second-order valence-electron chi connectivity index (χ2n) is 6.90. The third-order valence-electron chi connectivity index (χ3n) is 5.12. The predicted octanol–water partition coefficient (Wildman–Crippen LogP) is 1.94. The lowest BCUT2D eigenvalue weighted by molar-refractivity contribution is -0.123. The van der Waals surface area contributed by atoms with Crippen molar-refractivity contribution in [2.24, 2.45) is 5.73 Å². The molecule has 138 valence electrons. The number of hydrogen-bond acceptors (Lipinski definition) is 6. The lowest BCUT2D eigenvalue weighted by atomic mass is 9.91. The van der Waals surface area contributed by atoms with Gasteiger partial charge in [0.1, 0.15) is 5.54 Å². The molecule has 2 aliphatic rings. The Balaban J connectivity index is 0.00000196. The summed E-state index contributed by atoms with van der Waals surface area (Å²) in [6.07, 6.45) is 3.86. The summed E-state index contributed by atoms with van der Waals surface area (Å²) in [4.78, 5) is 27.9. The molecule has 4 N–H and O–H groups in total. The van der Waals surface area contributed by atoms with E-state index in [1.807, 2.05) is 0 Å². The Morgan fingerprint density at radius 3 is 2.38 bits per heavy atom. The van der Waals surface area contributed by atoms with Gasteiger partial charge in [-0.2, -0.15) is 4.98 Å². The fourth-order valence-corrected chi connectivity index (χ4v) is 3.47. The number of nitrogens with one attached hydrogen (secondary N) is 2. The second kappa shape index (κ2) is 6.37. The number of urea groups is 1. The molecule has 1 unspecified atom stereocenters. The van der Waals surface area contributed by atoms with Crippen molar-refractivity contribution in [1.29, 1.82) is 0 Å². The molecule has 0 radical (unpaired) electrons. The zero-order chi connectivity index (χ0) is 17.7. The maximum atomic E-state index is 12.0. The molecule has 2 aromatic rings. The number of halogens is 1. The van der Waals surface area contributed by atoms with Gasteiger partial charge in [-0.15, -0.1) is 12.4 Å². The van der Waals surface area contributed by atoms with Crippen molar-refractivity contribution < 1.29 is 14.1 Å². The zero-order valence-corrected chi connectivity index (χ0v) is 15.1. The average molecular weight is 378 g/mol. The van der Waals surface area contributed by atoms with Crippen LogP contribution in [0.25, 0.3) is 11.5 Å². The molecule has 1 saturated heterocycles. The smallest absolute Gasteiger partial charge is 0.322 e. The highest BCUT2D eigenvalue weighted by atomic mass is 35.5. The fourth-order valence-electron chi connectivity index (χ4n) is 3.47. The minimum absolute atomic E-state index is 0. The standard InChI is InChI=1S/C17H19N5O3.ClH/c1-16(14(23)20-15(24)21-16)11-6-4-10(5-7-11)12-19-13(22-25-12)17(18)8-2-3-9-17;/h4-7H,2-3,8-9,18H2,1H3,(H2,20,21,23,24);1H. The summed E-state index contributed by atoms with van der Waals surface area (Å²) in [6, 6.07) is 6.60. The molecule has 2 heterocycles. The zero-order valence-electron chi connectivity index (χ0n) is 14.2. The van der Waals surface area contributed by atoms with Crippen LogP contribution in [0.15, 0.2) is 28.8 Å². The van der Waals surface area contributed by atoms with Crippen LogP contribution < -0.4 is 16.4 Å². The molecule has 8 nitrogen and oxygen atoms in total. The minimum Gasteiger partial charge on any atom is -0.334 e. The van der Waals surface area contributed by atoms with Crippen LogP contribution >= 0.6 is 12.4 Å². The first-order valence-corrected chi connectivity index (χ1v) is 8.28. The Hall–Kier alpha value is -2.45. The van der Waals surface area contributed by atoms with Gasteiger partial charge in [-0.25, -0.2) is 4.79 Å². The Kier molecular flexibility index (Phi) is 4.49. The van der Waals surface area contributed by atoms with Crippen molar-refractivity contribution in [3.05, 3.63) is 35.7 Å². The Morgan fingerprint density at radius 2 is 1.81 bits per heavy atom. The monoisotopic (exact) mass is 377 g/mol. The van der Waals surface area contributed by atoms with E-state index in [1.165, 1.54) is 0 Å². The van der Waals surface area contributed by atoms with Crippen molar-refractivity contribution in [2.75, 3.05) is 0 Å². The van der Waals surface area contributed by atoms with Gasteiger partial charge >= 0.3 is 6.03 Å². The summed E-state index contributed by atoms with van der Waals surface area (Å²) in [5, 5.41) is 8.93. The second-order valence-corrected chi connectivity index (χ2v) is 6.90. The summed E-state index contributed by atoms with van der Waals surface area (Å²) in [5.74, 6) is 0.554. The first kappa shape index (κ1) is 18.3. The summed E-state index contributed by atoms with van der Waals surface area (Å²) in [5.41, 5.74) is 6.18. The van der Waals surface area contributed by atoms with E-state index in [0.29, 0.717) is 17.3 Å². The number of hydrogen-bond donors (Lipinski definition) is 3. The van der Waals surface area contributed by atoms with Gasteiger partial charge in [0.05, 0.1) is 5.54 Å². The summed E-state index contributed by atoms with van der Waals surface area (Å²) < 4.78 is 5.37. The average Bonchev–Trinajstić information content (AvgIpc) is 3.29. The van der Waals surface area contributed by atoms with E-state index in [2.05, 4.69) is 20.8 Å². The van der Waals surface area contributed by atoms with Crippen molar-refractivity contribution in [2.45, 2.75) is 43.7 Å². The van der Waals surface area contributed by atoms with Crippen LogP contribution in [0.5, 0.6) is 0 Å². The number of rotatable bonds is 3. The molecular weight excluding hydrogens is 358 g/mol. The molecule has 3 amide bonds. The van der Waals surface area contributed by atoms with Crippen LogP contribution in [0.4, 0.5) is 4.79 Å². The van der Waals surface area contributed by atoms with Crippen LogP contribution in [-0.4, -0.2) is 22.1 Å². The number of amides is 3. The number of carbonyl (C=O) groups excluding carboxylic acids is 2. The highest BCUT2D eigenvalue weighted by Crippen LogP contribution is 2.35. The molecule has 26 heavy (non-hydrogen) atoms. The van der Waals surface area contributed by atoms with Gasteiger partial charge in [0.15, 0.2) is 5.82 Å². The van der Waals surface area contributed by atoms with Gasteiger partial charge in [0.25, 0.3) is 11.8 Å². The molecule has 1 aromatic carbocycles. The highest BCUT2D eigenvalue weighted by molar-refractivity contribution is 6.07. The Bertz CT molecular complexity index is 844. The molecule has 4 rings (SSSR count). The highest BCUT2D eigenvalue weighted by Gasteiger charge is 2.43. The van der Waals surface area contributed by atoms with Crippen molar-refractivity contribution >= 4 is 24.3 Å². The van der Waals surface area contributed by atoms with Crippen LogP contribution in [0.2, 0.25) is 0 Å². The molecule has 0 spiro atoms. The number of benzene rings is 1. The fraction of sp³-hybridized carbons (Fsp3) is 0.412. The first-order chi connectivity index (χ1) is 11.9. The van der Waals surface area contributed by atoms with Crippen LogP contribution in [0.3, 0.4) is 0 Å². The number of aromatic nitrogens is 2. The largest absolute Gasteiger partial charge is 0.334 e. The maximum absolute atomic E-state index is 12.0. The molecule has 0 bridgehead atoms. The van der Waals surface area contributed by atoms with E-state index in [1.54, 1.807) is 31.2 Å². The summed E-state index contributed by atoms with van der Waals surface area (Å²) in [7, 11) is 0. The third kappa shape index (κ3) is 2.85. The Morgan fingerprint density at radius 1 is 1.15 bits per heavy atom. The molecule has 1 aliphatic carbocycles. The van der Waals surface area contributed by atoms with Gasteiger partial charge in [-0.05, 0) is 37.5 Å². The van der Waals surface area contributed by atoms with Gasteiger partial charge in [-0.3, -0.25) is 10.1 Å². The number of carbonyl (C=O) groups is 2. The van der Waals surface area contributed by atoms with Gasteiger partial charge < -0.3 is 15.6 Å². The quantitative estimate of drug-likeness (QED) is 0.702. The number of nitrogens with two attached hydrogens (primary N) is 1. The molecule has 2 fully saturated rings. The predicted molar refractivity (Wildman–Crippen MR) is 95.3 cm³/mol. The molecular formula is C17H20ClN5O3. The van der Waals surface area contributed by atoms with E-state index >= 15 is 0 Å². The van der Waals surface area contributed by atoms with Crippen molar-refractivity contribution in [3.8, 4) is 11.5 Å². The molecule has 1 aromatic heterocycles. The number of nitrogens with zero attached hydrogens (tertiary/aromatic N) is 2. The lowest BCUT2D eigenvalue weighted by Crippen LogP contribution is -2.40. The first-order valence-electron chi connectivity index (χ1n) is 8.28. The summed E-state index contributed by atoms with van der Waals surface area (Å²) >= 11 is 0. The molecule has 9 heteroatoms. The minimum atomic E-state index is -1.08. The SMILES string of the molecule is CC1(c2ccc(-c3nc(C4(N)CCCC4)no3)cc2)NC(=O)NC1=O.Cl. The van der Waals surface area contributed by atoms with Gasteiger partial charge in [0.2, 0.25) is 0 Å². The van der Waals surface area contributed by atoms with Gasteiger partial charge in [0, 0.05) is 5.56 Å². The van der Waals surface area contributed by atoms with Gasteiger partial charge in [-0.1, -0.05) is 30.1 Å². The number of imide groups is 1. The molecule has 1 aliphatic heterocycles. The van der Waals surface area contributed by atoms with Crippen LogP contribution in [-0.2, 0) is 15.9 Å². The van der Waals surface area contributed by atoms with E-state index in [-0.39, 0.29) is 18.3 Å². The van der Waals surface area contributed by atoms with Crippen LogP contribution in [0, 0.1) is 0 Å².